The van der Waals surface area contributed by atoms with Gasteiger partial charge in [0.25, 0.3) is 0 Å². The number of rotatable bonds is 4. The van der Waals surface area contributed by atoms with Crippen molar-refractivity contribution in [2.75, 3.05) is 5.32 Å². The molecule has 0 fully saturated rings. The molecule has 3 N–H and O–H groups in total. The summed E-state index contributed by atoms with van der Waals surface area (Å²) in [5, 5.41) is 29.3. The molecule has 16 heavy (non-hydrogen) atoms. The number of nitrogens with one attached hydrogen (secondary N) is 1. The number of nitriles is 1. The molecule has 0 radical (unpaired) electrons. The second-order valence-electron chi connectivity index (χ2n) is 3.56. The van der Waals surface area contributed by atoms with Crippen molar-refractivity contribution >= 4 is 13.0 Å². The largest absolute Gasteiger partial charge is 0.707 e. The fourth-order valence-corrected chi connectivity index (χ4v) is 1.25. The Hall–Kier alpha value is -1.71. The van der Waals surface area contributed by atoms with Crippen LogP contribution in [0, 0.1) is 11.3 Å². The number of benzene rings is 1. The van der Waals surface area contributed by atoms with Gasteiger partial charge in [-0.05, 0) is 26.0 Å². The Bertz CT molecular complexity index is 402. The molecule has 0 aliphatic rings. The van der Waals surface area contributed by atoms with E-state index in [1.807, 2.05) is 19.9 Å². The molecule has 0 aromatic heterocycles. The Morgan fingerprint density at radius 1 is 1.44 bits per heavy atom. The zero-order valence-electron chi connectivity index (χ0n) is 9.14. The van der Waals surface area contributed by atoms with Crippen LogP contribution < -0.4 is 9.97 Å². The second-order valence-corrected chi connectivity index (χ2v) is 3.56. The minimum Gasteiger partial charge on any atom is -0.512 e. The Kier molecular flexibility index (Phi) is 4.17. The Labute approximate surface area is 94.5 Å². The summed E-state index contributed by atoms with van der Waals surface area (Å²) in [4.78, 5) is 0. The second kappa shape index (κ2) is 5.40. The fourth-order valence-electron chi connectivity index (χ4n) is 1.25. The van der Waals surface area contributed by atoms with E-state index in [0.717, 1.165) is 0 Å². The molecular formula is C10H13BN2O3. The van der Waals surface area contributed by atoms with E-state index in [1.54, 1.807) is 12.1 Å². The van der Waals surface area contributed by atoms with Gasteiger partial charge in [-0.25, -0.2) is 0 Å². The van der Waals surface area contributed by atoms with Crippen molar-refractivity contribution in [1.29, 1.82) is 5.26 Å². The first-order valence-corrected chi connectivity index (χ1v) is 4.86. The molecule has 0 saturated heterocycles. The highest BCUT2D eigenvalue weighted by Crippen LogP contribution is 2.22. The summed E-state index contributed by atoms with van der Waals surface area (Å²) in [6.07, 6.45) is 0. The van der Waals surface area contributed by atoms with Gasteiger partial charge in [0, 0.05) is 12.1 Å². The van der Waals surface area contributed by atoms with Crippen molar-refractivity contribution in [2.24, 2.45) is 0 Å². The fraction of sp³-hybridized carbons (Fsp3) is 0.300. The van der Waals surface area contributed by atoms with Crippen LogP contribution in [0.4, 0.5) is 5.69 Å². The molecule has 1 aromatic rings. The van der Waals surface area contributed by atoms with Crippen molar-refractivity contribution in [3.05, 3.63) is 23.8 Å². The van der Waals surface area contributed by atoms with Crippen LogP contribution in [0.5, 0.6) is 5.75 Å². The van der Waals surface area contributed by atoms with E-state index in [4.69, 9.17) is 20.0 Å². The van der Waals surface area contributed by atoms with Gasteiger partial charge in [-0.15, -0.1) is 0 Å². The van der Waals surface area contributed by atoms with E-state index in [-0.39, 0.29) is 11.8 Å². The lowest BCUT2D eigenvalue weighted by Gasteiger charge is -2.13. The third-order valence-electron chi connectivity index (χ3n) is 1.80. The molecule has 6 heteroatoms. The van der Waals surface area contributed by atoms with Crippen LogP contribution in [0.1, 0.15) is 19.4 Å². The first kappa shape index (κ1) is 12.4. The molecule has 1 aromatic carbocycles. The summed E-state index contributed by atoms with van der Waals surface area (Å²) >= 11 is 0. The van der Waals surface area contributed by atoms with Crippen molar-refractivity contribution in [3.63, 3.8) is 0 Å². The van der Waals surface area contributed by atoms with E-state index < -0.39 is 7.32 Å². The van der Waals surface area contributed by atoms with Crippen LogP contribution in [0.15, 0.2) is 18.2 Å². The summed E-state index contributed by atoms with van der Waals surface area (Å²) in [7, 11) is -1.86. The number of anilines is 1. The predicted octanol–water partition coefficient (Wildman–Crippen LogP) is 0.727. The lowest BCUT2D eigenvalue weighted by Crippen LogP contribution is -2.20. The van der Waals surface area contributed by atoms with Crippen molar-refractivity contribution in [1.82, 2.24) is 0 Å². The molecule has 0 heterocycles. The van der Waals surface area contributed by atoms with Crippen molar-refractivity contribution in [3.8, 4) is 11.8 Å². The molecule has 1 rings (SSSR count). The van der Waals surface area contributed by atoms with Crippen LogP contribution >= 0.6 is 0 Å². The Balaban J connectivity index is 2.97. The maximum absolute atomic E-state index is 8.87. The summed E-state index contributed by atoms with van der Waals surface area (Å²) in [6.45, 7) is 3.88. The molecule has 5 nitrogen and oxygen atoms in total. The van der Waals surface area contributed by atoms with E-state index in [0.29, 0.717) is 11.3 Å². The van der Waals surface area contributed by atoms with E-state index in [2.05, 4.69) is 5.32 Å². The maximum atomic E-state index is 8.87. The van der Waals surface area contributed by atoms with Gasteiger partial charge in [-0.3, -0.25) is 0 Å². The van der Waals surface area contributed by atoms with E-state index in [1.165, 1.54) is 6.07 Å². The summed E-state index contributed by atoms with van der Waals surface area (Å²) in [5.41, 5.74) is 1.09. The van der Waals surface area contributed by atoms with Crippen LogP contribution in [-0.2, 0) is 0 Å². The molecule has 0 unspecified atom stereocenters. The molecule has 84 valence electrons. The molecule has 0 aliphatic carbocycles. The molecule has 0 spiro atoms. The summed E-state index contributed by atoms with van der Waals surface area (Å²) in [6, 6.07) is 6.82. The number of nitrogens with zero attached hydrogens (tertiary/aromatic N) is 1. The van der Waals surface area contributed by atoms with Crippen LogP contribution in [0.3, 0.4) is 0 Å². The molecule has 0 amide bonds. The van der Waals surface area contributed by atoms with Crippen LogP contribution in [0.2, 0.25) is 0 Å². The summed E-state index contributed by atoms with van der Waals surface area (Å²) in [5.74, 6) is 0.289. The van der Waals surface area contributed by atoms with Gasteiger partial charge in [0.2, 0.25) is 0 Å². The predicted molar refractivity (Wildman–Crippen MR) is 60.7 cm³/mol. The average molecular weight is 220 g/mol. The number of hydrogen-bond donors (Lipinski definition) is 3. The highest BCUT2D eigenvalue weighted by atomic mass is 16.6. The van der Waals surface area contributed by atoms with Crippen molar-refractivity contribution in [2.45, 2.75) is 19.9 Å². The lowest BCUT2D eigenvalue weighted by molar-refractivity contribution is 0.288. The minimum atomic E-state index is -1.86. The van der Waals surface area contributed by atoms with Gasteiger partial charge in [0.1, 0.15) is 11.8 Å². The standard InChI is InChI=1S/C10H13BN2O3/c1-7(2)13-10-5-9(16-11(14)15)4-3-8(10)6-12/h3-5,7,13-15H,1-2H3. The molecule has 0 bridgehead atoms. The van der Waals surface area contributed by atoms with Crippen molar-refractivity contribution < 1.29 is 14.7 Å². The lowest BCUT2D eigenvalue weighted by atomic mass is 10.1. The van der Waals surface area contributed by atoms with Gasteiger partial charge >= 0.3 is 7.32 Å². The Morgan fingerprint density at radius 3 is 2.62 bits per heavy atom. The van der Waals surface area contributed by atoms with Gasteiger partial charge in [0.05, 0.1) is 11.3 Å². The number of hydrogen-bond acceptors (Lipinski definition) is 5. The maximum Gasteiger partial charge on any atom is 0.707 e. The van der Waals surface area contributed by atoms with E-state index in [9.17, 15) is 0 Å². The zero-order valence-corrected chi connectivity index (χ0v) is 9.14. The highest BCUT2D eigenvalue weighted by Gasteiger charge is 2.13. The molecule has 0 atom stereocenters. The van der Waals surface area contributed by atoms with Gasteiger partial charge in [-0.1, -0.05) is 0 Å². The normalized spacial score (nSPS) is 9.75. The Morgan fingerprint density at radius 2 is 2.12 bits per heavy atom. The van der Waals surface area contributed by atoms with Gasteiger partial charge in [-0.2, -0.15) is 5.26 Å². The van der Waals surface area contributed by atoms with Gasteiger partial charge < -0.3 is 20.0 Å². The first-order chi connectivity index (χ1) is 7.52. The molecule has 0 aliphatic heterocycles. The minimum absolute atomic E-state index is 0.168. The monoisotopic (exact) mass is 220 g/mol. The summed E-state index contributed by atoms with van der Waals surface area (Å²) < 4.78 is 4.70. The SMILES string of the molecule is CC(C)Nc1cc(OB(O)O)ccc1C#N. The average Bonchev–Trinajstić information content (AvgIpc) is 2.16. The molecular weight excluding hydrogens is 207 g/mol. The van der Waals surface area contributed by atoms with Crippen LogP contribution in [-0.4, -0.2) is 23.4 Å². The highest BCUT2D eigenvalue weighted by molar-refractivity contribution is 6.33. The third kappa shape index (κ3) is 3.46. The molecule has 0 saturated carbocycles. The van der Waals surface area contributed by atoms with Gasteiger partial charge in [0.15, 0.2) is 0 Å². The quantitative estimate of drug-likeness (QED) is 0.651. The first-order valence-electron chi connectivity index (χ1n) is 4.86. The smallest absolute Gasteiger partial charge is 0.512 e. The zero-order chi connectivity index (χ0) is 12.1. The third-order valence-corrected chi connectivity index (χ3v) is 1.80. The van der Waals surface area contributed by atoms with E-state index >= 15 is 0 Å². The van der Waals surface area contributed by atoms with Crippen LogP contribution in [0.25, 0.3) is 0 Å². The topological polar surface area (TPSA) is 85.5 Å².